The molecule has 37 heavy (non-hydrogen) atoms. The lowest BCUT2D eigenvalue weighted by molar-refractivity contribution is -0.0925. The second-order valence-corrected chi connectivity index (χ2v) is 12.1. The minimum absolute atomic E-state index is 0.0836. The first-order valence-electron chi connectivity index (χ1n) is 12.3. The van der Waals surface area contributed by atoms with Gasteiger partial charge in [0.2, 0.25) is 0 Å². The zero-order valence-electron chi connectivity index (χ0n) is 20.2. The van der Waals surface area contributed by atoms with Gasteiger partial charge >= 0.3 is 5.97 Å². The lowest BCUT2D eigenvalue weighted by Crippen LogP contribution is -2.42. The number of rotatable bonds is 13. The van der Waals surface area contributed by atoms with Crippen molar-refractivity contribution in [1.82, 2.24) is 0 Å². The minimum Gasteiger partial charge on any atom is -0.459 e. The Morgan fingerprint density at radius 2 is 1.73 bits per heavy atom. The molecule has 0 radical (unpaired) electrons. The van der Waals surface area contributed by atoms with Gasteiger partial charge in [-0.15, -0.1) is 22.9 Å². The predicted molar refractivity (Wildman–Crippen MR) is 145 cm³/mol. The maximum atomic E-state index is 12.3. The first-order valence-corrected chi connectivity index (χ1v) is 14.3. The summed E-state index contributed by atoms with van der Waals surface area (Å²) in [6, 6.07) is 8.98. The molecular formula is C26H33Cl3O7S. The van der Waals surface area contributed by atoms with E-state index in [1.807, 2.05) is 18.2 Å². The molecule has 1 aromatic heterocycles. The van der Waals surface area contributed by atoms with Crippen LogP contribution in [0.3, 0.4) is 0 Å². The summed E-state index contributed by atoms with van der Waals surface area (Å²) in [5.74, 6) is -0.375. The highest BCUT2D eigenvalue weighted by Crippen LogP contribution is 2.42. The van der Waals surface area contributed by atoms with Gasteiger partial charge in [-0.1, -0.05) is 23.2 Å². The van der Waals surface area contributed by atoms with E-state index < -0.39 is 43.6 Å². The van der Waals surface area contributed by atoms with Crippen LogP contribution in [0.25, 0.3) is 0 Å². The molecule has 2 aromatic rings. The summed E-state index contributed by atoms with van der Waals surface area (Å²) in [6.45, 7) is -1.23. The van der Waals surface area contributed by atoms with Gasteiger partial charge in [-0.2, -0.15) is 0 Å². The van der Waals surface area contributed by atoms with E-state index >= 15 is 0 Å². The Hall–Kier alpha value is -0.940. The Bertz CT molecular complexity index is 1000. The maximum Gasteiger partial charge on any atom is 0.348 e. The third kappa shape index (κ3) is 8.78. The summed E-state index contributed by atoms with van der Waals surface area (Å²) in [6.07, 6.45) is -0.557. The molecule has 1 aromatic carbocycles. The van der Waals surface area contributed by atoms with Gasteiger partial charge in [0.25, 0.3) is 0 Å². The van der Waals surface area contributed by atoms with Gasteiger partial charge in [-0.3, -0.25) is 0 Å². The number of aliphatic hydroxyl groups excluding tert-OH is 5. The molecule has 11 heteroatoms. The lowest BCUT2D eigenvalue weighted by Gasteiger charge is -2.23. The van der Waals surface area contributed by atoms with Gasteiger partial charge in [0.05, 0.1) is 12.7 Å². The molecule has 0 amide bonds. The summed E-state index contributed by atoms with van der Waals surface area (Å²) < 4.78 is 5.03. The van der Waals surface area contributed by atoms with Crippen LogP contribution in [-0.2, 0) is 17.6 Å². The molecule has 0 saturated heterocycles. The summed E-state index contributed by atoms with van der Waals surface area (Å²) in [7, 11) is 0. The molecule has 1 saturated carbocycles. The molecular weight excluding hydrogens is 563 g/mol. The molecule has 0 unspecified atom stereocenters. The van der Waals surface area contributed by atoms with E-state index in [4.69, 9.17) is 44.6 Å². The van der Waals surface area contributed by atoms with E-state index in [2.05, 4.69) is 0 Å². The number of ether oxygens (including phenoxy) is 1. The monoisotopic (exact) mass is 594 g/mol. The Balaban J connectivity index is 1.47. The van der Waals surface area contributed by atoms with Gasteiger partial charge in [-0.25, -0.2) is 4.79 Å². The highest BCUT2D eigenvalue weighted by molar-refractivity contribution is 7.13. The number of benzene rings is 1. The van der Waals surface area contributed by atoms with Crippen LogP contribution in [-0.4, -0.2) is 74.5 Å². The highest BCUT2D eigenvalue weighted by Gasteiger charge is 2.40. The number of hydrogen-bond donors (Lipinski definition) is 5. The van der Waals surface area contributed by atoms with Crippen molar-refractivity contribution >= 4 is 52.1 Å². The van der Waals surface area contributed by atoms with Crippen LogP contribution >= 0.6 is 46.1 Å². The van der Waals surface area contributed by atoms with E-state index in [1.165, 1.54) is 11.3 Å². The predicted octanol–water partition coefficient (Wildman–Crippen LogP) is 3.85. The van der Waals surface area contributed by atoms with Crippen LogP contribution in [0.5, 0.6) is 0 Å². The number of carbonyl (C=O) groups is 1. The fourth-order valence-electron chi connectivity index (χ4n) is 4.85. The first-order chi connectivity index (χ1) is 17.6. The molecule has 7 nitrogen and oxygen atoms in total. The Kier molecular flexibility index (Phi) is 11.9. The number of thiophene rings is 1. The molecule has 206 valence electrons. The third-order valence-electron chi connectivity index (χ3n) is 6.85. The standard InChI is InChI=1S/C26H33Cl3O7S/c27-15-8-14(9-16(28)10-15)4-6-19-18(20(29)11-21(19)31)3-1-2-17-5-7-24(37-17)26(35)36-13-23(33)25(34)22(32)12-30/h5,7-10,18-23,25,30-34H,1-4,6,11-13H2/t18-,19-,20+,21-,22+,23-,25+/m1/s1. The van der Waals surface area contributed by atoms with Crippen LogP contribution in [0.4, 0.5) is 0 Å². The van der Waals surface area contributed by atoms with Crippen LogP contribution in [0.1, 0.15) is 45.8 Å². The van der Waals surface area contributed by atoms with Crippen LogP contribution in [0.2, 0.25) is 10.0 Å². The van der Waals surface area contributed by atoms with Crippen molar-refractivity contribution in [3.05, 3.63) is 55.7 Å². The van der Waals surface area contributed by atoms with E-state index in [0.717, 1.165) is 42.5 Å². The van der Waals surface area contributed by atoms with Crippen molar-refractivity contribution in [2.24, 2.45) is 11.8 Å². The number of hydrogen-bond acceptors (Lipinski definition) is 8. The zero-order chi connectivity index (χ0) is 27.1. The van der Waals surface area contributed by atoms with Crippen molar-refractivity contribution in [3.63, 3.8) is 0 Å². The van der Waals surface area contributed by atoms with Crippen molar-refractivity contribution < 1.29 is 35.1 Å². The van der Waals surface area contributed by atoms with Crippen LogP contribution < -0.4 is 0 Å². The summed E-state index contributed by atoms with van der Waals surface area (Å²) >= 11 is 20.1. The van der Waals surface area contributed by atoms with E-state index in [-0.39, 0.29) is 17.2 Å². The Labute approximate surface area is 235 Å². The molecule has 7 atom stereocenters. The molecule has 0 aliphatic heterocycles. The number of carbonyl (C=O) groups excluding carboxylic acids is 1. The van der Waals surface area contributed by atoms with E-state index in [0.29, 0.717) is 21.3 Å². The molecule has 3 rings (SSSR count). The van der Waals surface area contributed by atoms with Crippen molar-refractivity contribution in [1.29, 1.82) is 0 Å². The van der Waals surface area contributed by atoms with Crippen molar-refractivity contribution in [3.8, 4) is 0 Å². The molecule has 1 fully saturated rings. The topological polar surface area (TPSA) is 127 Å². The normalized spacial score (nSPS) is 24.1. The smallest absolute Gasteiger partial charge is 0.348 e. The molecule has 0 bridgehead atoms. The number of aliphatic hydroxyl groups is 5. The Morgan fingerprint density at radius 1 is 1.03 bits per heavy atom. The van der Waals surface area contributed by atoms with Crippen LogP contribution in [0.15, 0.2) is 30.3 Å². The van der Waals surface area contributed by atoms with Gasteiger partial charge in [0.1, 0.15) is 29.8 Å². The Morgan fingerprint density at radius 3 is 2.41 bits per heavy atom. The lowest BCUT2D eigenvalue weighted by atomic mass is 9.85. The average Bonchev–Trinajstić information content (AvgIpc) is 3.43. The van der Waals surface area contributed by atoms with Crippen LogP contribution in [0, 0.1) is 11.8 Å². The van der Waals surface area contributed by atoms with Gasteiger partial charge in [-0.05, 0) is 86.3 Å². The molecule has 0 spiro atoms. The number of esters is 1. The van der Waals surface area contributed by atoms with Gasteiger partial charge in [0, 0.05) is 20.3 Å². The van der Waals surface area contributed by atoms with E-state index in [9.17, 15) is 25.2 Å². The summed E-state index contributed by atoms with van der Waals surface area (Å²) in [5, 5.41) is 49.3. The first kappa shape index (κ1) is 30.6. The molecule has 5 N–H and O–H groups in total. The number of halogens is 3. The third-order valence-corrected chi connectivity index (χ3v) is 8.91. The maximum absolute atomic E-state index is 12.3. The SMILES string of the molecule is O=C(OC[C@@H](O)[C@@H](O)[C@@H](O)CO)c1ccc(CCC[C@@H]2[C@@H](CCc3cc(Cl)cc(Cl)c3)[C@H](O)C[C@@H]2Cl)s1. The second-order valence-electron chi connectivity index (χ2n) is 9.53. The fraction of sp³-hybridized carbons (Fsp3) is 0.577. The average molecular weight is 596 g/mol. The highest BCUT2D eigenvalue weighted by atomic mass is 35.5. The second kappa shape index (κ2) is 14.4. The quantitative estimate of drug-likeness (QED) is 0.176. The largest absolute Gasteiger partial charge is 0.459 e. The van der Waals surface area contributed by atoms with E-state index in [1.54, 1.807) is 12.1 Å². The fourth-order valence-corrected chi connectivity index (χ4v) is 6.86. The molecule has 1 aliphatic carbocycles. The number of alkyl halides is 1. The number of aryl methyl sites for hydroxylation is 2. The molecule has 1 aliphatic rings. The minimum atomic E-state index is -1.62. The van der Waals surface area contributed by atoms with Gasteiger partial charge < -0.3 is 30.3 Å². The summed E-state index contributed by atoms with van der Waals surface area (Å²) in [4.78, 5) is 13.6. The van der Waals surface area contributed by atoms with Crippen molar-refractivity contribution in [2.75, 3.05) is 13.2 Å². The molecule has 1 heterocycles. The van der Waals surface area contributed by atoms with Crippen molar-refractivity contribution in [2.45, 2.75) is 68.3 Å². The van der Waals surface area contributed by atoms with Gasteiger partial charge in [0.15, 0.2) is 0 Å². The summed E-state index contributed by atoms with van der Waals surface area (Å²) in [5.41, 5.74) is 1.03. The zero-order valence-corrected chi connectivity index (χ0v) is 23.3.